The van der Waals surface area contributed by atoms with Gasteiger partial charge in [0.05, 0.1) is 19.3 Å². The molecule has 180 valence electrons. The van der Waals surface area contributed by atoms with Gasteiger partial charge in [0, 0.05) is 51.4 Å². The molecule has 3 rings (SSSR count). The molecule has 0 bridgehead atoms. The maximum atomic E-state index is 5.98. The van der Waals surface area contributed by atoms with Crippen LogP contribution >= 0.6 is 35.7 Å². The SMILES string of the molecule is CCNC(=NCCCc1nnc(SC)n1CC(C)C)N1CCOC(c2cnn(C)c2)C1.I. The van der Waals surface area contributed by atoms with Gasteiger partial charge in [-0.25, -0.2) is 0 Å². The van der Waals surface area contributed by atoms with Crippen molar-refractivity contribution in [2.75, 3.05) is 39.0 Å². The van der Waals surface area contributed by atoms with Crippen LogP contribution in [0.2, 0.25) is 0 Å². The lowest BCUT2D eigenvalue weighted by Gasteiger charge is -2.34. The summed E-state index contributed by atoms with van der Waals surface area (Å²) in [7, 11) is 1.93. The van der Waals surface area contributed by atoms with Crippen LogP contribution in [0, 0.1) is 5.92 Å². The third-order valence-electron chi connectivity index (χ3n) is 5.14. The van der Waals surface area contributed by atoms with Crippen LogP contribution in [-0.4, -0.2) is 74.4 Å². The van der Waals surface area contributed by atoms with Gasteiger partial charge in [-0.3, -0.25) is 9.67 Å². The molecule has 11 heteroatoms. The number of rotatable bonds is 9. The number of guanidine groups is 1. The average Bonchev–Trinajstić information content (AvgIpc) is 3.36. The number of nitrogens with zero attached hydrogens (tertiary/aromatic N) is 7. The maximum absolute atomic E-state index is 5.98. The van der Waals surface area contributed by atoms with Gasteiger partial charge in [-0.1, -0.05) is 25.6 Å². The Morgan fingerprint density at radius 3 is 2.84 bits per heavy atom. The van der Waals surface area contributed by atoms with E-state index in [-0.39, 0.29) is 30.1 Å². The lowest BCUT2D eigenvalue weighted by molar-refractivity contribution is -0.00804. The van der Waals surface area contributed by atoms with Crippen molar-refractivity contribution >= 4 is 41.7 Å². The third-order valence-corrected chi connectivity index (χ3v) is 5.81. The van der Waals surface area contributed by atoms with Gasteiger partial charge in [0.15, 0.2) is 11.1 Å². The highest BCUT2D eigenvalue weighted by Crippen LogP contribution is 2.22. The highest BCUT2D eigenvalue weighted by molar-refractivity contribution is 14.0. The molecule has 1 fully saturated rings. The molecular weight excluding hydrogens is 539 g/mol. The Bertz CT molecular complexity index is 853. The topological polar surface area (TPSA) is 85.4 Å². The van der Waals surface area contributed by atoms with Gasteiger partial charge in [-0.15, -0.1) is 34.2 Å². The fourth-order valence-electron chi connectivity index (χ4n) is 3.70. The summed E-state index contributed by atoms with van der Waals surface area (Å²) in [6.07, 6.45) is 7.80. The predicted octanol–water partition coefficient (Wildman–Crippen LogP) is 2.98. The van der Waals surface area contributed by atoms with E-state index in [0.29, 0.717) is 12.5 Å². The monoisotopic (exact) mass is 576 g/mol. The molecule has 2 aromatic rings. The number of hydrogen-bond donors (Lipinski definition) is 1. The van der Waals surface area contributed by atoms with E-state index in [0.717, 1.165) is 68.1 Å². The smallest absolute Gasteiger partial charge is 0.194 e. The highest BCUT2D eigenvalue weighted by atomic mass is 127. The van der Waals surface area contributed by atoms with Crippen molar-refractivity contribution in [3.8, 4) is 0 Å². The lowest BCUT2D eigenvalue weighted by Crippen LogP contribution is -2.48. The largest absolute Gasteiger partial charge is 0.370 e. The predicted molar refractivity (Wildman–Crippen MR) is 140 cm³/mol. The van der Waals surface area contributed by atoms with E-state index in [9.17, 15) is 0 Å². The summed E-state index contributed by atoms with van der Waals surface area (Å²) in [6.45, 7) is 11.4. The summed E-state index contributed by atoms with van der Waals surface area (Å²) in [6, 6.07) is 0. The van der Waals surface area contributed by atoms with Crippen molar-refractivity contribution in [1.82, 2.24) is 34.8 Å². The number of morpholine rings is 1. The van der Waals surface area contributed by atoms with Gasteiger partial charge < -0.3 is 19.5 Å². The normalized spacial score (nSPS) is 17.0. The van der Waals surface area contributed by atoms with Gasteiger partial charge in [-0.2, -0.15) is 5.10 Å². The summed E-state index contributed by atoms with van der Waals surface area (Å²) >= 11 is 1.65. The zero-order valence-corrected chi connectivity index (χ0v) is 23.0. The summed E-state index contributed by atoms with van der Waals surface area (Å²) in [5.41, 5.74) is 1.11. The Morgan fingerprint density at radius 2 is 2.19 bits per heavy atom. The molecule has 1 aliphatic rings. The van der Waals surface area contributed by atoms with Crippen LogP contribution < -0.4 is 5.32 Å². The molecule has 9 nitrogen and oxygen atoms in total. The van der Waals surface area contributed by atoms with Gasteiger partial charge in [-0.05, 0) is 25.5 Å². The Kier molecular flexibility index (Phi) is 11.3. The second-order valence-electron chi connectivity index (χ2n) is 8.20. The van der Waals surface area contributed by atoms with Crippen LogP contribution in [0.25, 0.3) is 0 Å². The van der Waals surface area contributed by atoms with Crippen molar-refractivity contribution in [2.45, 2.75) is 51.4 Å². The number of hydrogen-bond acceptors (Lipinski definition) is 6. The van der Waals surface area contributed by atoms with Crippen molar-refractivity contribution in [2.24, 2.45) is 18.0 Å². The average molecular weight is 577 g/mol. The van der Waals surface area contributed by atoms with E-state index in [1.807, 2.05) is 24.1 Å². The number of nitrogens with one attached hydrogen (secondary N) is 1. The van der Waals surface area contributed by atoms with Crippen LogP contribution in [0.4, 0.5) is 0 Å². The van der Waals surface area contributed by atoms with Gasteiger partial charge in [0.1, 0.15) is 11.9 Å². The molecule has 0 radical (unpaired) electrons. The first-order valence-electron chi connectivity index (χ1n) is 11.1. The molecule has 0 saturated carbocycles. The molecule has 32 heavy (non-hydrogen) atoms. The fraction of sp³-hybridized carbons (Fsp3) is 0.714. The number of ether oxygens (including phenoxy) is 1. The van der Waals surface area contributed by atoms with E-state index in [1.165, 1.54) is 0 Å². The van der Waals surface area contributed by atoms with E-state index in [2.05, 4.69) is 57.1 Å². The lowest BCUT2D eigenvalue weighted by atomic mass is 10.1. The molecule has 1 unspecified atom stereocenters. The molecule has 0 aromatic carbocycles. The number of aryl methyl sites for hydroxylation is 2. The number of aliphatic imine (C=N–C) groups is 1. The Morgan fingerprint density at radius 1 is 1.38 bits per heavy atom. The fourth-order valence-corrected chi connectivity index (χ4v) is 4.22. The molecule has 1 aliphatic heterocycles. The van der Waals surface area contributed by atoms with E-state index < -0.39 is 0 Å². The standard InChI is InChI=1S/C21H36N8OS.HI/c1-6-22-20(28-10-11-30-18(15-28)17-12-24-27(4)14-17)23-9-7-8-19-25-26-21(31-5)29(19)13-16(2)3;/h12,14,16,18H,6-11,13,15H2,1-5H3,(H,22,23);1H. The second-order valence-corrected chi connectivity index (χ2v) is 8.97. The number of aromatic nitrogens is 5. The third kappa shape index (κ3) is 7.34. The van der Waals surface area contributed by atoms with Gasteiger partial charge >= 0.3 is 0 Å². The molecule has 0 aliphatic carbocycles. The summed E-state index contributed by atoms with van der Waals surface area (Å²) in [4.78, 5) is 7.18. The minimum absolute atomic E-state index is 0. The molecule has 3 heterocycles. The van der Waals surface area contributed by atoms with Crippen LogP contribution in [0.15, 0.2) is 22.5 Å². The first kappa shape index (κ1) is 26.9. The van der Waals surface area contributed by atoms with Crippen LogP contribution in [0.3, 0.4) is 0 Å². The molecule has 0 amide bonds. The van der Waals surface area contributed by atoms with E-state index in [4.69, 9.17) is 9.73 Å². The van der Waals surface area contributed by atoms with Crippen molar-refractivity contribution in [3.05, 3.63) is 23.8 Å². The Hall–Kier alpha value is -1.34. The summed E-state index contributed by atoms with van der Waals surface area (Å²) in [5, 5.41) is 17.5. The van der Waals surface area contributed by atoms with Crippen molar-refractivity contribution in [3.63, 3.8) is 0 Å². The van der Waals surface area contributed by atoms with E-state index in [1.54, 1.807) is 11.8 Å². The highest BCUT2D eigenvalue weighted by Gasteiger charge is 2.25. The Labute approximate surface area is 212 Å². The maximum Gasteiger partial charge on any atom is 0.194 e. The number of halogens is 1. The van der Waals surface area contributed by atoms with Crippen LogP contribution in [-0.2, 0) is 24.8 Å². The zero-order chi connectivity index (χ0) is 22.2. The summed E-state index contributed by atoms with van der Waals surface area (Å²) in [5.74, 6) is 2.57. The minimum atomic E-state index is 0. The van der Waals surface area contributed by atoms with Crippen LogP contribution in [0.1, 0.15) is 44.7 Å². The van der Waals surface area contributed by atoms with E-state index >= 15 is 0 Å². The van der Waals surface area contributed by atoms with Crippen molar-refractivity contribution < 1.29 is 4.74 Å². The van der Waals surface area contributed by atoms with Gasteiger partial charge in [0.25, 0.3) is 0 Å². The first-order valence-corrected chi connectivity index (χ1v) is 12.3. The van der Waals surface area contributed by atoms with Crippen LogP contribution in [0.5, 0.6) is 0 Å². The molecule has 1 atom stereocenters. The molecule has 1 N–H and O–H groups in total. The molecule has 0 spiro atoms. The quantitative estimate of drug-likeness (QED) is 0.162. The molecule has 1 saturated heterocycles. The minimum Gasteiger partial charge on any atom is -0.370 e. The van der Waals surface area contributed by atoms with Gasteiger partial charge in [0.2, 0.25) is 0 Å². The molecular formula is C21H37IN8OS. The Balaban J connectivity index is 0.00000363. The number of thioether (sulfide) groups is 1. The molecule has 2 aromatic heterocycles. The second kappa shape index (κ2) is 13.4. The summed E-state index contributed by atoms with van der Waals surface area (Å²) < 4.78 is 10.1. The van der Waals surface area contributed by atoms with Crippen molar-refractivity contribution in [1.29, 1.82) is 0 Å². The first-order chi connectivity index (χ1) is 15.0. The zero-order valence-electron chi connectivity index (χ0n) is 19.8.